The van der Waals surface area contributed by atoms with Crippen LogP contribution < -0.4 is 5.32 Å². The summed E-state index contributed by atoms with van der Waals surface area (Å²) in [6.45, 7) is 8.43. The fourth-order valence-corrected chi connectivity index (χ4v) is 2.60. The van der Waals surface area contributed by atoms with E-state index >= 15 is 0 Å². The molecule has 0 aliphatic rings. The van der Waals surface area contributed by atoms with Gasteiger partial charge in [0.1, 0.15) is 5.82 Å². The molecule has 0 saturated heterocycles. The van der Waals surface area contributed by atoms with Crippen LogP contribution >= 0.6 is 0 Å². The number of benzene rings is 1. The minimum Gasteiger partial charge on any atom is -0.317 e. The number of aromatic nitrogens is 2. The van der Waals surface area contributed by atoms with E-state index in [4.69, 9.17) is 9.97 Å². The average Bonchev–Trinajstić information content (AvgIpc) is 2.47. The van der Waals surface area contributed by atoms with Crippen molar-refractivity contribution in [2.75, 3.05) is 13.1 Å². The lowest BCUT2D eigenvalue weighted by atomic mass is 10.1. The van der Waals surface area contributed by atoms with Crippen molar-refractivity contribution in [1.29, 1.82) is 0 Å². The van der Waals surface area contributed by atoms with E-state index in [2.05, 4.69) is 50.4 Å². The molecule has 0 aliphatic heterocycles. The molecule has 1 aromatic heterocycles. The number of nitrogens with one attached hydrogen (secondary N) is 1. The molecule has 0 unspecified atom stereocenters. The van der Waals surface area contributed by atoms with E-state index in [9.17, 15) is 0 Å². The average molecular weight is 283 g/mol. The van der Waals surface area contributed by atoms with Crippen LogP contribution in [0.2, 0.25) is 0 Å². The van der Waals surface area contributed by atoms with Crippen LogP contribution in [0.25, 0.3) is 0 Å². The summed E-state index contributed by atoms with van der Waals surface area (Å²) in [5.41, 5.74) is 4.83. The Kier molecular flexibility index (Phi) is 5.88. The van der Waals surface area contributed by atoms with Crippen molar-refractivity contribution in [2.24, 2.45) is 0 Å². The summed E-state index contributed by atoms with van der Waals surface area (Å²) >= 11 is 0. The highest BCUT2D eigenvalue weighted by molar-refractivity contribution is 5.26. The molecule has 0 saturated carbocycles. The van der Waals surface area contributed by atoms with Crippen LogP contribution in [0.3, 0.4) is 0 Å². The molecule has 1 N–H and O–H groups in total. The van der Waals surface area contributed by atoms with Gasteiger partial charge >= 0.3 is 0 Å². The van der Waals surface area contributed by atoms with Crippen LogP contribution in [-0.2, 0) is 12.8 Å². The Labute approximate surface area is 127 Å². The van der Waals surface area contributed by atoms with Crippen LogP contribution in [0.5, 0.6) is 0 Å². The van der Waals surface area contributed by atoms with Crippen molar-refractivity contribution in [2.45, 2.75) is 40.0 Å². The molecule has 0 atom stereocenters. The SMILES string of the molecule is CCNCCCc1c(C)nc(Cc2ccccc2)nc1C. The van der Waals surface area contributed by atoms with Crippen molar-refractivity contribution >= 4 is 0 Å². The summed E-state index contributed by atoms with van der Waals surface area (Å²) in [5.74, 6) is 0.923. The van der Waals surface area contributed by atoms with Gasteiger partial charge in [0.05, 0.1) is 0 Å². The lowest BCUT2D eigenvalue weighted by molar-refractivity contribution is 0.666. The molecule has 21 heavy (non-hydrogen) atoms. The normalized spacial score (nSPS) is 10.8. The largest absolute Gasteiger partial charge is 0.317 e. The van der Waals surface area contributed by atoms with Crippen LogP contribution in [-0.4, -0.2) is 23.1 Å². The summed E-state index contributed by atoms with van der Waals surface area (Å²) in [4.78, 5) is 9.39. The van der Waals surface area contributed by atoms with E-state index in [0.29, 0.717) is 0 Å². The fraction of sp³-hybridized carbons (Fsp3) is 0.444. The van der Waals surface area contributed by atoms with Gasteiger partial charge in [0.25, 0.3) is 0 Å². The Balaban J connectivity index is 2.06. The topological polar surface area (TPSA) is 37.8 Å². The minimum atomic E-state index is 0.806. The second kappa shape index (κ2) is 7.89. The summed E-state index contributed by atoms with van der Waals surface area (Å²) < 4.78 is 0. The van der Waals surface area contributed by atoms with Crippen molar-refractivity contribution in [1.82, 2.24) is 15.3 Å². The van der Waals surface area contributed by atoms with E-state index in [-0.39, 0.29) is 0 Å². The maximum atomic E-state index is 4.70. The summed E-state index contributed by atoms with van der Waals surface area (Å²) in [6, 6.07) is 10.4. The number of rotatable bonds is 7. The highest BCUT2D eigenvalue weighted by Gasteiger charge is 2.08. The van der Waals surface area contributed by atoms with Gasteiger partial charge in [-0.2, -0.15) is 0 Å². The van der Waals surface area contributed by atoms with Gasteiger partial charge in [-0.3, -0.25) is 0 Å². The maximum absolute atomic E-state index is 4.70. The molecule has 0 bridgehead atoms. The number of nitrogens with zero attached hydrogens (tertiary/aromatic N) is 2. The lowest BCUT2D eigenvalue weighted by Crippen LogP contribution is -2.15. The smallest absolute Gasteiger partial charge is 0.133 e. The minimum absolute atomic E-state index is 0.806. The number of hydrogen-bond donors (Lipinski definition) is 1. The van der Waals surface area contributed by atoms with Crippen LogP contribution in [0.1, 0.15) is 41.7 Å². The van der Waals surface area contributed by atoms with Gasteiger partial charge in [0, 0.05) is 17.8 Å². The van der Waals surface area contributed by atoms with Gasteiger partial charge in [0.2, 0.25) is 0 Å². The molecule has 3 nitrogen and oxygen atoms in total. The van der Waals surface area contributed by atoms with Crippen molar-refractivity contribution in [3.8, 4) is 0 Å². The zero-order valence-corrected chi connectivity index (χ0v) is 13.3. The Morgan fingerprint density at radius 2 is 1.67 bits per heavy atom. The quantitative estimate of drug-likeness (QED) is 0.793. The molecule has 2 rings (SSSR count). The van der Waals surface area contributed by atoms with Gasteiger partial charge in [0.15, 0.2) is 0 Å². The Hall–Kier alpha value is -1.74. The fourth-order valence-electron chi connectivity index (χ4n) is 2.60. The van der Waals surface area contributed by atoms with Gasteiger partial charge < -0.3 is 5.32 Å². The van der Waals surface area contributed by atoms with E-state index in [1.54, 1.807) is 0 Å². The highest BCUT2D eigenvalue weighted by atomic mass is 14.9. The van der Waals surface area contributed by atoms with Crippen LogP contribution in [0, 0.1) is 13.8 Å². The first-order valence-corrected chi connectivity index (χ1v) is 7.78. The molecule has 0 aliphatic carbocycles. The monoisotopic (exact) mass is 283 g/mol. The number of hydrogen-bond acceptors (Lipinski definition) is 3. The first-order valence-electron chi connectivity index (χ1n) is 7.78. The highest BCUT2D eigenvalue weighted by Crippen LogP contribution is 2.14. The first-order chi connectivity index (χ1) is 10.2. The third kappa shape index (κ3) is 4.64. The molecule has 1 heterocycles. The summed E-state index contributed by atoms with van der Waals surface area (Å²) in [5, 5.41) is 3.36. The zero-order chi connectivity index (χ0) is 15.1. The molecule has 0 amide bonds. The Bertz CT molecular complexity index is 541. The lowest BCUT2D eigenvalue weighted by Gasteiger charge is -2.11. The third-order valence-electron chi connectivity index (χ3n) is 3.70. The van der Waals surface area contributed by atoms with E-state index in [1.807, 2.05) is 6.07 Å². The summed E-state index contributed by atoms with van der Waals surface area (Å²) in [7, 11) is 0. The van der Waals surface area contributed by atoms with Crippen LogP contribution in [0.4, 0.5) is 0 Å². The van der Waals surface area contributed by atoms with Gasteiger partial charge in [-0.25, -0.2) is 9.97 Å². The first kappa shape index (κ1) is 15.6. The molecule has 3 heteroatoms. The Morgan fingerprint density at radius 3 is 2.29 bits per heavy atom. The van der Waals surface area contributed by atoms with Gasteiger partial charge in [-0.1, -0.05) is 37.3 Å². The maximum Gasteiger partial charge on any atom is 0.133 e. The van der Waals surface area contributed by atoms with Crippen molar-refractivity contribution in [3.63, 3.8) is 0 Å². The van der Waals surface area contributed by atoms with Crippen molar-refractivity contribution < 1.29 is 0 Å². The molecule has 0 fully saturated rings. The van der Waals surface area contributed by atoms with Crippen molar-refractivity contribution in [3.05, 3.63) is 58.7 Å². The van der Waals surface area contributed by atoms with E-state index in [1.165, 1.54) is 11.1 Å². The zero-order valence-electron chi connectivity index (χ0n) is 13.3. The third-order valence-corrected chi connectivity index (χ3v) is 3.70. The molecule has 112 valence electrons. The molecule has 0 spiro atoms. The van der Waals surface area contributed by atoms with Gasteiger partial charge in [-0.15, -0.1) is 0 Å². The number of aryl methyl sites for hydroxylation is 2. The predicted molar refractivity (Wildman–Crippen MR) is 87.6 cm³/mol. The van der Waals surface area contributed by atoms with E-state index < -0.39 is 0 Å². The second-order valence-electron chi connectivity index (χ2n) is 5.41. The Morgan fingerprint density at radius 1 is 1.00 bits per heavy atom. The predicted octanol–water partition coefficient (Wildman–Crippen LogP) is 3.23. The second-order valence-corrected chi connectivity index (χ2v) is 5.41. The van der Waals surface area contributed by atoms with Gasteiger partial charge in [-0.05, 0) is 50.9 Å². The molecule has 0 radical (unpaired) electrons. The molecular weight excluding hydrogens is 258 g/mol. The van der Waals surface area contributed by atoms with E-state index in [0.717, 1.165) is 49.6 Å². The standard InChI is InChI=1S/C18H25N3/c1-4-19-12-8-11-17-14(2)20-18(21-15(17)3)13-16-9-6-5-7-10-16/h5-7,9-10,19H,4,8,11-13H2,1-3H3. The van der Waals surface area contributed by atoms with Crippen LogP contribution in [0.15, 0.2) is 30.3 Å². The summed E-state index contributed by atoms with van der Waals surface area (Å²) in [6.07, 6.45) is 2.99. The molecule has 2 aromatic rings. The molecule has 1 aromatic carbocycles. The molecular formula is C18H25N3.